The van der Waals surface area contributed by atoms with E-state index in [1.807, 2.05) is 16.8 Å². The van der Waals surface area contributed by atoms with E-state index in [-0.39, 0.29) is 18.2 Å². The summed E-state index contributed by atoms with van der Waals surface area (Å²) in [5, 5.41) is 0.975. The number of benzene rings is 2. The highest BCUT2D eigenvalue weighted by Crippen LogP contribution is 2.20. The Morgan fingerprint density at radius 3 is 2.45 bits per heavy atom. The summed E-state index contributed by atoms with van der Waals surface area (Å²) in [6, 6.07) is 11.2. The molecule has 102 valence electrons. The van der Waals surface area contributed by atoms with Crippen LogP contribution < -0.4 is 5.73 Å². The van der Waals surface area contributed by atoms with Crippen LogP contribution in [-0.2, 0) is 13.1 Å². The second kappa shape index (κ2) is 5.06. The van der Waals surface area contributed by atoms with Gasteiger partial charge in [0.25, 0.3) is 0 Å². The SMILES string of the molecule is NCc1cc(F)ccc1Cn1ccc2ccc(F)cc21. The summed E-state index contributed by atoms with van der Waals surface area (Å²) in [7, 11) is 0. The monoisotopic (exact) mass is 272 g/mol. The maximum Gasteiger partial charge on any atom is 0.125 e. The Kier molecular flexibility index (Phi) is 3.24. The Morgan fingerprint density at radius 1 is 0.900 bits per heavy atom. The molecule has 0 aliphatic carbocycles. The number of hydrogen-bond donors (Lipinski definition) is 1. The lowest BCUT2D eigenvalue weighted by Gasteiger charge is -2.10. The molecule has 2 nitrogen and oxygen atoms in total. The van der Waals surface area contributed by atoms with E-state index in [1.54, 1.807) is 12.1 Å². The van der Waals surface area contributed by atoms with E-state index >= 15 is 0 Å². The fourth-order valence-electron chi connectivity index (χ4n) is 2.42. The predicted octanol–water partition coefficient (Wildman–Crippen LogP) is 3.43. The van der Waals surface area contributed by atoms with Crippen LogP contribution in [0.2, 0.25) is 0 Å². The zero-order valence-electron chi connectivity index (χ0n) is 10.8. The minimum absolute atomic E-state index is 0.268. The molecular formula is C16H14F2N2. The van der Waals surface area contributed by atoms with E-state index in [1.165, 1.54) is 24.3 Å². The number of halogens is 2. The van der Waals surface area contributed by atoms with Gasteiger partial charge in [0.05, 0.1) is 5.52 Å². The Labute approximate surface area is 115 Å². The minimum Gasteiger partial charge on any atom is -0.343 e. The van der Waals surface area contributed by atoms with E-state index in [0.29, 0.717) is 6.54 Å². The van der Waals surface area contributed by atoms with Crippen molar-refractivity contribution in [1.29, 1.82) is 0 Å². The molecule has 4 heteroatoms. The lowest BCUT2D eigenvalue weighted by atomic mass is 10.1. The minimum atomic E-state index is -0.294. The number of aromatic nitrogens is 1. The van der Waals surface area contributed by atoms with Crippen LogP contribution in [0.4, 0.5) is 8.78 Å². The third kappa shape index (κ3) is 2.30. The van der Waals surface area contributed by atoms with Crippen LogP contribution >= 0.6 is 0 Å². The number of nitrogens with zero attached hydrogens (tertiary/aromatic N) is 1. The van der Waals surface area contributed by atoms with Gasteiger partial charge in [-0.25, -0.2) is 8.78 Å². The van der Waals surface area contributed by atoms with Gasteiger partial charge in [0.15, 0.2) is 0 Å². The summed E-state index contributed by atoms with van der Waals surface area (Å²) < 4.78 is 28.5. The van der Waals surface area contributed by atoms with Crippen molar-refractivity contribution in [3.63, 3.8) is 0 Å². The molecule has 0 atom stereocenters. The molecule has 0 aliphatic heterocycles. The van der Waals surface area contributed by atoms with Crippen LogP contribution in [0.25, 0.3) is 10.9 Å². The summed E-state index contributed by atoms with van der Waals surface area (Å²) in [5.41, 5.74) is 8.17. The van der Waals surface area contributed by atoms with Crippen molar-refractivity contribution in [3.05, 3.63) is 71.4 Å². The van der Waals surface area contributed by atoms with Crippen molar-refractivity contribution in [2.75, 3.05) is 0 Å². The van der Waals surface area contributed by atoms with Crippen LogP contribution in [-0.4, -0.2) is 4.57 Å². The average molecular weight is 272 g/mol. The fourth-order valence-corrected chi connectivity index (χ4v) is 2.42. The first-order valence-electron chi connectivity index (χ1n) is 6.39. The maximum atomic E-state index is 13.3. The number of fused-ring (bicyclic) bond motifs is 1. The molecule has 1 aromatic heterocycles. The smallest absolute Gasteiger partial charge is 0.125 e. The number of nitrogens with two attached hydrogens (primary N) is 1. The molecule has 1 heterocycles. The van der Waals surface area contributed by atoms with E-state index < -0.39 is 0 Å². The van der Waals surface area contributed by atoms with Gasteiger partial charge in [-0.05, 0) is 52.9 Å². The van der Waals surface area contributed by atoms with Gasteiger partial charge >= 0.3 is 0 Å². The Hall–Kier alpha value is -2.20. The molecule has 2 N–H and O–H groups in total. The molecule has 2 aromatic carbocycles. The van der Waals surface area contributed by atoms with E-state index in [4.69, 9.17) is 5.73 Å². The molecule has 0 saturated carbocycles. The highest BCUT2D eigenvalue weighted by Gasteiger charge is 2.07. The van der Waals surface area contributed by atoms with Crippen molar-refractivity contribution >= 4 is 10.9 Å². The molecule has 0 bridgehead atoms. The molecule has 20 heavy (non-hydrogen) atoms. The van der Waals surface area contributed by atoms with Crippen LogP contribution in [0.5, 0.6) is 0 Å². The second-order valence-electron chi connectivity index (χ2n) is 4.76. The summed E-state index contributed by atoms with van der Waals surface area (Å²) in [4.78, 5) is 0. The van der Waals surface area contributed by atoms with Crippen molar-refractivity contribution < 1.29 is 8.78 Å². The van der Waals surface area contributed by atoms with Gasteiger partial charge in [0.2, 0.25) is 0 Å². The molecule has 0 unspecified atom stereocenters. The number of rotatable bonds is 3. The maximum absolute atomic E-state index is 13.3. The fraction of sp³-hybridized carbons (Fsp3) is 0.125. The largest absolute Gasteiger partial charge is 0.343 e. The molecular weight excluding hydrogens is 258 g/mol. The quantitative estimate of drug-likeness (QED) is 0.778. The van der Waals surface area contributed by atoms with Crippen LogP contribution in [0.1, 0.15) is 11.1 Å². The van der Waals surface area contributed by atoms with Gasteiger partial charge in [0, 0.05) is 19.3 Å². The lowest BCUT2D eigenvalue weighted by molar-refractivity contribution is 0.623. The molecule has 0 aliphatic rings. The van der Waals surface area contributed by atoms with Gasteiger partial charge in [-0.15, -0.1) is 0 Å². The lowest BCUT2D eigenvalue weighted by Crippen LogP contribution is -2.06. The van der Waals surface area contributed by atoms with Crippen molar-refractivity contribution in [3.8, 4) is 0 Å². The van der Waals surface area contributed by atoms with Gasteiger partial charge in [-0.2, -0.15) is 0 Å². The van der Waals surface area contributed by atoms with Crippen molar-refractivity contribution in [2.45, 2.75) is 13.1 Å². The Balaban J connectivity index is 2.03. The molecule has 0 fully saturated rings. The predicted molar refractivity (Wildman–Crippen MR) is 75.3 cm³/mol. The molecule has 3 aromatic rings. The van der Waals surface area contributed by atoms with E-state index in [9.17, 15) is 8.78 Å². The zero-order valence-corrected chi connectivity index (χ0v) is 10.8. The highest BCUT2D eigenvalue weighted by molar-refractivity contribution is 5.80. The molecule has 3 rings (SSSR count). The average Bonchev–Trinajstić information content (AvgIpc) is 2.83. The van der Waals surface area contributed by atoms with Gasteiger partial charge < -0.3 is 10.3 Å². The Morgan fingerprint density at radius 2 is 1.65 bits per heavy atom. The normalized spacial score (nSPS) is 11.2. The van der Waals surface area contributed by atoms with Gasteiger partial charge in [0.1, 0.15) is 11.6 Å². The first kappa shape index (κ1) is 12.8. The first-order valence-corrected chi connectivity index (χ1v) is 6.39. The van der Waals surface area contributed by atoms with Crippen LogP contribution in [0, 0.1) is 11.6 Å². The summed E-state index contributed by atoms with van der Waals surface area (Å²) in [6.07, 6.45) is 1.90. The van der Waals surface area contributed by atoms with Crippen LogP contribution in [0.15, 0.2) is 48.7 Å². The first-order chi connectivity index (χ1) is 9.67. The van der Waals surface area contributed by atoms with E-state index in [2.05, 4.69) is 0 Å². The molecule has 0 saturated heterocycles. The number of hydrogen-bond acceptors (Lipinski definition) is 1. The van der Waals surface area contributed by atoms with Crippen LogP contribution in [0.3, 0.4) is 0 Å². The molecule has 0 amide bonds. The summed E-state index contributed by atoms with van der Waals surface area (Å²) in [6.45, 7) is 0.820. The third-order valence-corrected chi connectivity index (χ3v) is 3.46. The zero-order chi connectivity index (χ0) is 14.1. The highest BCUT2D eigenvalue weighted by atomic mass is 19.1. The van der Waals surface area contributed by atoms with Crippen molar-refractivity contribution in [2.24, 2.45) is 5.73 Å². The Bertz CT molecular complexity index is 762. The third-order valence-electron chi connectivity index (χ3n) is 3.46. The second-order valence-corrected chi connectivity index (χ2v) is 4.76. The van der Waals surface area contributed by atoms with E-state index in [0.717, 1.165) is 22.0 Å². The summed E-state index contributed by atoms with van der Waals surface area (Å²) >= 11 is 0. The van der Waals surface area contributed by atoms with Gasteiger partial charge in [-0.3, -0.25) is 0 Å². The topological polar surface area (TPSA) is 30.9 Å². The van der Waals surface area contributed by atoms with Gasteiger partial charge in [-0.1, -0.05) is 6.07 Å². The molecule has 0 spiro atoms. The molecule has 0 radical (unpaired) electrons. The van der Waals surface area contributed by atoms with Crippen molar-refractivity contribution in [1.82, 2.24) is 4.57 Å². The summed E-state index contributed by atoms with van der Waals surface area (Å²) in [5.74, 6) is -0.562. The standard InChI is InChI=1S/C16H14F2N2/c17-14-4-2-12(13(7-14)9-19)10-20-6-5-11-1-3-15(18)8-16(11)20/h1-8H,9-10,19H2.